The first-order chi connectivity index (χ1) is 7.36. The second kappa shape index (κ2) is 6.92. The van der Waals surface area contributed by atoms with E-state index >= 15 is 0 Å². The third-order valence-electron chi connectivity index (χ3n) is 1.78. The molecule has 1 rings (SSSR count). The normalized spacial score (nSPS) is 9.20. The van der Waals surface area contributed by atoms with Gasteiger partial charge in [-0.2, -0.15) is 0 Å². The monoisotopic (exact) mass is 204 g/mol. The molecule has 0 saturated carbocycles. The summed E-state index contributed by atoms with van der Waals surface area (Å²) in [5, 5.41) is 8.59. The molecule has 0 aliphatic carbocycles. The molecule has 0 heterocycles. The van der Waals surface area contributed by atoms with Crippen LogP contribution in [-0.2, 0) is 0 Å². The van der Waals surface area contributed by atoms with Crippen molar-refractivity contribution in [3.05, 3.63) is 29.8 Å². The fourth-order valence-electron chi connectivity index (χ4n) is 1.10. The van der Waals surface area contributed by atoms with Gasteiger partial charge in [0.15, 0.2) is 0 Å². The van der Waals surface area contributed by atoms with Crippen molar-refractivity contribution < 1.29 is 9.84 Å². The highest BCUT2D eigenvalue weighted by molar-refractivity contribution is 5.39. The predicted molar refractivity (Wildman–Crippen MR) is 60.8 cm³/mol. The molecule has 2 nitrogen and oxygen atoms in total. The van der Waals surface area contributed by atoms with Gasteiger partial charge < -0.3 is 9.84 Å². The molecule has 1 aromatic rings. The van der Waals surface area contributed by atoms with E-state index in [0.717, 1.165) is 24.3 Å². The van der Waals surface area contributed by atoms with Crippen LogP contribution in [0.2, 0.25) is 0 Å². The van der Waals surface area contributed by atoms with Crippen LogP contribution in [0.3, 0.4) is 0 Å². The molecule has 0 aliphatic rings. The van der Waals surface area contributed by atoms with Crippen molar-refractivity contribution >= 4 is 0 Å². The molecule has 2 heteroatoms. The molecular weight excluding hydrogens is 188 g/mol. The average molecular weight is 204 g/mol. The van der Waals surface area contributed by atoms with Crippen molar-refractivity contribution in [3.63, 3.8) is 0 Å². The van der Waals surface area contributed by atoms with Crippen LogP contribution in [0.25, 0.3) is 0 Å². The van der Waals surface area contributed by atoms with E-state index in [-0.39, 0.29) is 6.61 Å². The highest BCUT2D eigenvalue weighted by Crippen LogP contribution is 2.12. The Morgan fingerprint density at radius 3 is 3.00 bits per heavy atom. The number of benzene rings is 1. The fourth-order valence-corrected chi connectivity index (χ4v) is 1.10. The molecule has 0 amide bonds. The van der Waals surface area contributed by atoms with Gasteiger partial charge in [-0.15, -0.1) is 0 Å². The van der Waals surface area contributed by atoms with Gasteiger partial charge >= 0.3 is 0 Å². The zero-order chi connectivity index (χ0) is 10.9. The Hall–Kier alpha value is -1.46. The fraction of sp³-hybridized carbons (Fsp3) is 0.385. The number of aliphatic hydroxyl groups excluding tert-OH is 1. The first-order valence-corrected chi connectivity index (χ1v) is 5.19. The van der Waals surface area contributed by atoms with Crippen molar-refractivity contribution in [2.24, 2.45) is 0 Å². The lowest BCUT2D eigenvalue weighted by atomic mass is 10.2. The zero-order valence-electron chi connectivity index (χ0n) is 8.99. The first-order valence-electron chi connectivity index (χ1n) is 5.19. The Labute approximate surface area is 90.9 Å². The Morgan fingerprint density at radius 2 is 2.27 bits per heavy atom. The van der Waals surface area contributed by atoms with Gasteiger partial charge in [-0.1, -0.05) is 24.8 Å². The number of hydrogen-bond donors (Lipinski definition) is 1. The highest BCUT2D eigenvalue weighted by atomic mass is 16.5. The number of ether oxygens (including phenoxy) is 1. The standard InChI is InChI=1S/C13H16O2/c1-2-10-15-13-8-5-7-12(11-13)6-3-4-9-14/h5,7-8,11,14H,2,4,9-10H2,1H3. The average Bonchev–Trinajstić information content (AvgIpc) is 2.27. The lowest BCUT2D eigenvalue weighted by Crippen LogP contribution is -1.94. The lowest BCUT2D eigenvalue weighted by molar-refractivity contribution is 0.305. The molecule has 0 spiro atoms. The molecule has 0 radical (unpaired) electrons. The topological polar surface area (TPSA) is 29.5 Å². The van der Waals surface area contributed by atoms with Crippen LogP contribution in [0.4, 0.5) is 0 Å². The van der Waals surface area contributed by atoms with Gasteiger partial charge in [0.25, 0.3) is 0 Å². The van der Waals surface area contributed by atoms with Gasteiger partial charge in [-0.05, 0) is 24.6 Å². The zero-order valence-corrected chi connectivity index (χ0v) is 8.99. The third-order valence-corrected chi connectivity index (χ3v) is 1.78. The molecule has 80 valence electrons. The molecule has 0 bridgehead atoms. The first kappa shape index (κ1) is 11.6. The van der Waals surface area contributed by atoms with Crippen LogP contribution in [0, 0.1) is 11.8 Å². The van der Waals surface area contributed by atoms with Crippen molar-refractivity contribution in [2.45, 2.75) is 19.8 Å². The van der Waals surface area contributed by atoms with E-state index in [2.05, 4.69) is 18.8 Å². The maximum Gasteiger partial charge on any atom is 0.120 e. The predicted octanol–water partition coefficient (Wildman–Crippen LogP) is 2.21. The summed E-state index contributed by atoms with van der Waals surface area (Å²) in [5.41, 5.74) is 0.928. The van der Waals surface area contributed by atoms with E-state index in [1.54, 1.807) is 0 Å². The molecule has 0 atom stereocenters. The minimum atomic E-state index is 0.110. The van der Waals surface area contributed by atoms with Crippen molar-refractivity contribution in [1.29, 1.82) is 0 Å². The summed E-state index contributed by atoms with van der Waals surface area (Å²) in [5.74, 6) is 6.71. The Balaban J connectivity index is 2.62. The minimum absolute atomic E-state index is 0.110. The Bertz CT molecular complexity index is 347. The molecule has 0 unspecified atom stereocenters. The highest BCUT2D eigenvalue weighted by Gasteiger charge is 1.93. The van der Waals surface area contributed by atoms with Gasteiger partial charge in [0, 0.05) is 12.0 Å². The molecule has 1 N–H and O–H groups in total. The second-order valence-corrected chi connectivity index (χ2v) is 3.15. The number of hydrogen-bond acceptors (Lipinski definition) is 2. The second-order valence-electron chi connectivity index (χ2n) is 3.15. The maximum absolute atomic E-state index is 8.59. The maximum atomic E-state index is 8.59. The third kappa shape index (κ3) is 4.53. The summed E-state index contributed by atoms with van der Waals surface area (Å²) in [6, 6.07) is 7.70. The van der Waals surface area contributed by atoms with Crippen LogP contribution in [-0.4, -0.2) is 18.3 Å². The summed E-state index contributed by atoms with van der Waals surface area (Å²) in [6.45, 7) is 2.91. The number of rotatable bonds is 4. The molecular formula is C13H16O2. The Kier molecular flexibility index (Phi) is 5.35. The molecule has 0 aromatic heterocycles. The van der Waals surface area contributed by atoms with Gasteiger partial charge in [-0.25, -0.2) is 0 Å². The van der Waals surface area contributed by atoms with Gasteiger partial charge in [-0.3, -0.25) is 0 Å². The van der Waals surface area contributed by atoms with Crippen molar-refractivity contribution in [1.82, 2.24) is 0 Å². The molecule has 0 aliphatic heterocycles. The van der Waals surface area contributed by atoms with Crippen molar-refractivity contribution in [2.75, 3.05) is 13.2 Å². The van der Waals surface area contributed by atoms with Gasteiger partial charge in [0.1, 0.15) is 5.75 Å². The SMILES string of the molecule is CCCOc1cccc(C#CCCO)c1. The minimum Gasteiger partial charge on any atom is -0.494 e. The van der Waals surface area contributed by atoms with Crippen LogP contribution < -0.4 is 4.74 Å². The summed E-state index contributed by atoms with van der Waals surface area (Å²) in [6.07, 6.45) is 1.51. The van der Waals surface area contributed by atoms with Crippen LogP contribution in [0.1, 0.15) is 25.3 Å². The van der Waals surface area contributed by atoms with Crippen LogP contribution in [0.5, 0.6) is 5.75 Å². The molecule has 0 saturated heterocycles. The van der Waals surface area contributed by atoms with E-state index in [9.17, 15) is 0 Å². The van der Waals surface area contributed by atoms with E-state index in [4.69, 9.17) is 9.84 Å². The van der Waals surface area contributed by atoms with Gasteiger partial charge in [0.05, 0.1) is 13.2 Å². The van der Waals surface area contributed by atoms with Crippen LogP contribution >= 0.6 is 0 Å². The summed E-state index contributed by atoms with van der Waals surface area (Å²) < 4.78 is 5.48. The smallest absolute Gasteiger partial charge is 0.120 e. The largest absolute Gasteiger partial charge is 0.494 e. The van der Waals surface area contributed by atoms with E-state index in [1.165, 1.54) is 0 Å². The lowest BCUT2D eigenvalue weighted by Gasteiger charge is -2.03. The van der Waals surface area contributed by atoms with E-state index in [1.807, 2.05) is 24.3 Å². The summed E-state index contributed by atoms with van der Waals surface area (Å²) in [4.78, 5) is 0. The number of aliphatic hydroxyl groups is 1. The Morgan fingerprint density at radius 1 is 1.40 bits per heavy atom. The summed E-state index contributed by atoms with van der Waals surface area (Å²) >= 11 is 0. The van der Waals surface area contributed by atoms with E-state index in [0.29, 0.717) is 6.42 Å². The van der Waals surface area contributed by atoms with E-state index < -0.39 is 0 Å². The molecule has 1 aromatic carbocycles. The molecule has 15 heavy (non-hydrogen) atoms. The van der Waals surface area contributed by atoms with Crippen molar-refractivity contribution in [3.8, 4) is 17.6 Å². The van der Waals surface area contributed by atoms with Gasteiger partial charge in [0.2, 0.25) is 0 Å². The quantitative estimate of drug-likeness (QED) is 0.762. The summed E-state index contributed by atoms with van der Waals surface area (Å²) in [7, 11) is 0. The molecule has 0 fully saturated rings. The van der Waals surface area contributed by atoms with Crippen LogP contribution in [0.15, 0.2) is 24.3 Å².